The van der Waals surface area contributed by atoms with Gasteiger partial charge in [-0.3, -0.25) is 4.79 Å². The number of thiophene rings is 1. The van der Waals surface area contributed by atoms with Crippen molar-refractivity contribution in [3.05, 3.63) is 52.2 Å². The Balaban J connectivity index is 1.89. The first-order valence-electron chi connectivity index (χ1n) is 6.19. The van der Waals surface area contributed by atoms with Crippen LogP contribution in [-0.2, 0) is 11.3 Å². The number of amides is 1. The molecule has 0 saturated carbocycles. The van der Waals surface area contributed by atoms with Gasteiger partial charge in [0.2, 0.25) is 0 Å². The summed E-state index contributed by atoms with van der Waals surface area (Å²) >= 11 is 1.57. The minimum atomic E-state index is -0.238. The average molecular weight is 305 g/mol. The molecule has 1 aromatic carbocycles. The third kappa shape index (κ3) is 4.22. The van der Waals surface area contributed by atoms with Crippen molar-refractivity contribution in [2.24, 2.45) is 10.9 Å². The third-order valence-corrected chi connectivity index (χ3v) is 3.55. The predicted molar refractivity (Wildman–Crippen MR) is 80.6 cm³/mol. The number of para-hydroxylation sites is 1. The molecule has 0 saturated heterocycles. The van der Waals surface area contributed by atoms with E-state index in [0.717, 1.165) is 4.88 Å². The van der Waals surface area contributed by atoms with Crippen LogP contribution in [0.1, 0.15) is 10.4 Å². The van der Waals surface area contributed by atoms with Crippen LogP contribution in [-0.4, -0.2) is 23.6 Å². The first-order valence-corrected chi connectivity index (χ1v) is 7.07. The van der Waals surface area contributed by atoms with Crippen LogP contribution in [0.4, 0.5) is 0 Å². The van der Waals surface area contributed by atoms with E-state index in [9.17, 15) is 4.79 Å². The van der Waals surface area contributed by atoms with Crippen LogP contribution in [0.25, 0.3) is 0 Å². The number of nitrogens with one attached hydrogen (secondary N) is 1. The summed E-state index contributed by atoms with van der Waals surface area (Å²) in [5.74, 6) is 0.0846. The van der Waals surface area contributed by atoms with E-state index in [1.165, 1.54) is 0 Å². The zero-order valence-electron chi connectivity index (χ0n) is 11.2. The molecule has 0 unspecified atom stereocenters. The molecule has 1 aromatic heterocycles. The molecule has 0 bridgehead atoms. The Labute approximate surface area is 125 Å². The molecular weight excluding hydrogens is 290 g/mol. The van der Waals surface area contributed by atoms with Crippen molar-refractivity contribution in [2.45, 2.75) is 6.54 Å². The fourth-order valence-corrected chi connectivity index (χ4v) is 2.30. The number of benzene rings is 1. The highest BCUT2D eigenvalue weighted by Crippen LogP contribution is 2.17. The quantitative estimate of drug-likeness (QED) is 0.326. The zero-order valence-corrected chi connectivity index (χ0v) is 12.0. The second-order valence-corrected chi connectivity index (χ2v) is 5.16. The Bertz CT molecular complexity index is 626. The van der Waals surface area contributed by atoms with Crippen molar-refractivity contribution in [1.29, 1.82) is 0 Å². The van der Waals surface area contributed by atoms with Crippen LogP contribution in [0.3, 0.4) is 0 Å². The van der Waals surface area contributed by atoms with E-state index in [0.29, 0.717) is 17.9 Å². The van der Waals surface area contributed by atoms with E-state index in [4.69, 9.17) is 15.7 Å². The summed E-state index contributed by atoms with van der Waals surface area (Å²) in [6, 6.07) is 10.6. The molecule has 21 heavy (non-hydrogen) atoms. The molecule has 6 nitrogen and oxygen atoms in total. The van der Waals surface area contributed by atoms with Gasteiger partial charge in [-0.25, -0.2) is 0 Å². The number of nitrogens with two attached hydrogens (primary N) is 1. The Hall–Kier alpha value is -2.54. The van der Waals surface area contributed by atoms with E-state index in [1.54, 1.807) is 35.6 Å². The van der Waals surface area contributed by atoms with Gasteiger partial charge in [-0.2, -0.15) is 0 Å². The number of oxime groups is 1. The molecule has 7 heteroatoms. The van der Waals surface area contributed by atoms with Crippen molar-refractivity contribution >= 4 is 23.1 Å². The van der Waals surface area contributed by atoms with Crippen LogP contribution >= 0.6 is 11.3 Å². The number of hydrogen-bond acceptors (Lipinski definition) is 5. The van der Waals surface area contributed by atoms with Gasteiger partial charge < -0.3 is 21.0 Å². The zero-order chi connectivity index (χ0) is 15.1. The standard InChI is InChI=1S/C14H15N3O3S/c15-14(17-19)11-5-1-2-6-12(11)20-9-13(18)16-8-10-4-3-7-21-10/h1-7,19H,8-9H2,(H2,15,17)(H,16,18). The Morgan fingerprint density at radius 3 is 2.86 bits per heavy atom. The lowest BCUT2D eigenvalue weighted by Gasteiger charge is -2.10. The molecule has 1 amide bonds. The van der Waals surface area contributed by atoms with Crippen molar-refractivity contribution in [2.75, 3.05) is 6.61 Å². The van der Waals surface area contributed by atoms with Gasteiger partial charge in [0.15, 0.2) is 12.4 Å². The summed E-state index contributed by atoms with van der Waals surface area (Å²) in [5.41, 5.74) is 5.98. The largest absolute Gasteiger partial charge is 0.483 e. The highest BCUT2D eigenvalue weighted by molar-refractivity contribution is 7.09. The maximum absolute atomic E-state index is 11.7. The SMILES string of the molecule is N/C(=N\O)c1ccccc1OCC(=O)NCc1cccs1. The fourth-order valence-electron chi connectivity index (χ4n) is 1.65. The van der Waals surface area contributed by atoms with Gasteiger partial charge in [0.25, 0.3) is 5.91 Å². The highest BCUT2D eigenvalue weighted by Gasteiger charge is 2.09. The summed E-state index contributed by atoms with van der Waals surface area (Å²) in [4.78, 5) is 12.8. The molecule has 0 fully saturated rings. The second-order valence-electron chi connectivity index (χ2n) is 4.13. The molecule has 2 rings (SSSR count). The molecule has 0 aliphatic carbocycles. The van der Waals surface area contributed by atoms with Crippen molar-refractivity contribution in [3.63, 3.8) is 0 Å². The van der Waals surface area contributed by atoms with Crippen molar-refractivity contribution in [1.82, 2.24) is 5.32 Å². The smallest absolute Gasteiger partial charge is 0.258 e. The van der Waals surface area contributed by atoms with Crippen molar-refractivity contribution in [3.8, 4) is 5.75 Å². The molecule has 0 spiro atoms. The lowest BCUT2D eigenvalue weighted by molar-refractivity contribution is -0.123. The molecule has 1 heterocycles. The third-order valence-electron chi connectivity index (χ3n) is 2.67. The van der Waals surface area contributed by atoms with Crippen LogP contribution < -0.4 is 15.8 Å². The first-order chi connectivity index (χ1) is 10.2. The number of nitrogens with zero attached hydrogens (tertiary/aromatic N) is 1. The molecule has 0 radical (unpaired) electrons. The Kier molecular flexibility index (Phi) is 5.16. The maximum atomic E-state index is 11.7. The minimum Gasteiger partial charge on any atom is -0.483 e. The van der Waals surface area contributed by atoms with Crippen LogP contribution in [0.5, 0.6) is 5.75 Å². The van der Waals surface area contributed by atoms with E-state index in [-0.39, 0.29) is 18.3 Å². The van der Waals surface area contributed by atoms with Gasteiger partial charge in [-0.05, 0) is 23.6 Å². The van der Waals surface area contributed by atoms with Crippen LogP contribution in [0.15, 0.2) is 46.9 Å². The fraction of sp³-hybridized carbons (Fsp3) is 0.143. The number of carbonyl (C=O) groups is 1. The molecule has 2 aromatic rings. The Morgan fingerprint density at radius 1 is 1.33 bits per heavy atom. The maximum Gasteiger partial charge on any atom is 0.258 e. The van der Waals surface area contributed by atoms with Gasteiger partial charge in [0, 0.05) is 4.88 Å². The lowest BCUT2D eigenvalue weighted by atomic mass is 10.2. The average Bonchev–Trinajstić information content (AvgIpc) is 3.04. The number of amidine groups is 1. The number of carbonyl (C=O) groups excluding carboxylic acids is 1. The van der Waals surface area contributed by atoms with Crippen LogP contribution in [0, 0.1) is 0 Å². The van der Waals surface area contributed by atoms with E-state index >= 15 is 0 Å². The molecular formula is C14H15N3O3S. The highest BCUT2D eigenvalue weighted by atomic mass is 32.1. The number of rotatable bonds is 6. The van der Waals surface area contributed by atoms with Gasteiger partial charge in [-0.1, -0.05) is 23.4 Å². The van der Waals surface area contributed by atoms with Gasteiger partial charge in [0.05, 0.1) is 12.1 Å². The molecule has 0 aliphatic heterocycles. The van der Waals surface area contributed by atoms with E-state index in [1.807, 2.05) is 17.5 Å². The summed E-state index contributed by atoms with van der Waals surface area (Å²) in [7, 11) is 0. The Morgan fingerprint density at radius 2 is 2.14 bits per heavy atom. The van der Waals surface area contributed by atoms with Gasteiger partial charge >= 0.3 is 0 Å². The first kappa shape index (κ1) is 14.9. The number of hydrogen-bond donors (Lipinski definition) is 3. The second kappa shape index (κ2) is 7.30. The summed E-state index contributed by atoms with van der Waals surface area (Å²) in [6.45, 7) is 0.336. The molecule has 0 aliphatic rings. The van der Waals surface area contributed by atoms with Crippen LogP contribution in [0.2, 0.25) is 0 Å². The summed E-state index contributed by atoms with van der Waals surface area (Å²) < 4.78 is 5.41. The molecule has 0 atom stereocenters. The summed E-state index contributed by atoms with van der Waals surface area (Å²) in [5, 5.41) is 16.3. The van der Waals surface area contributed by atoms with Gasteiger partial charge in [0.1, 0.15) is 5.75 Å². The monoisotopic (exact) mass is 305 g/mol. The molecule has 4 N–H and O–H groups in total. The number of ether oxygens (including phenoxy) is 1. The van der Waals surface area contributed by atoms with Crippen molar-refractivity contribution < 1.29 is 14.7 Å². The lowest BCUT2D eigenvalue weighted by Crippen LogP contribution is -2.28. The topological polar surface area (TPSA) is 96.9 Å². The van der Waals surface area contributed by atoms with Gasteiger partial charge in [-0.15, -0.1) is 11.3 Å². The predicted octanol–water partition coefficient (Wildman–Crippen LogP) is 1.54. The van der Waals surface area contributed by atoms with E-state index in [2.05, 4.69) is 10.5 Å². The minimum absolute atomic E-state index is 0.0652. The normalized spacial score (nSPS) is 11.1. The van der Waals surface area contributed by atoms with E-state index < -0.39 is 0 Å². The summed E-state index contributed by atoms with van der Waals surface area (Å²) in [6.07, 6.45) is 0. The molecule has 110 valence electrons.